The molecule has 1 rings (SSSR count). The lowest BCUT2D eigenvalue weighted by atomic mass is 10.2. The van der Waals surface area contributed by atoms with Crippen molar-refractivity contribution >= 4 is 22.9 Å². The Morgan fingerprint density at radius 3 is 2.56 bits per heavy atom. The van der Waals surface area contributed by atoms with E-state index in [0.717, 1.165) is 17.0 Å². The highest BCUT2D eigenvalue weighted by molar-refractivity contribution is 7.80. The van der Waals surface area contributed by atoms with Crippen molar-refractivity contribution in [2.24, 2.45) is 4.99 Å². The first-order valence-electron chi connectivity index (χ1n) is 5.43. The molecule has 0 aliphatic heterocycles. The third-order valence-corrected chi connectivity index (χ3v) is 2.66. The molecule has 0 bridgehead atoms. The molecule has 0 aliphatic rings. The zero-order chi connectivity index (χ0) is 13.4. The molecule has 1 aromatic carbocycles. The Morgan fingerprint density at radius 1 is 1.39 bits per heavy atom. The average molecular weight is 260 g/mol. The summed E-state index contributed by atoms with van der Waals surface area (Å²) in [4.78, 5) is 4.72. The van der Waals surface area contributed by atoms with Gasteiger partial charge in [0.05, 0.1) is 19.4 Å². The van der Waals surface area contributed by atoms with Gasteiger partial charge in [0.1, 0.15) is 10.7 Å². The molecular formula is C14H16N2OS. The van der Waals surface area contributed by atoms with Crippen molar-refractivity contribution in [2.45, 2.75) is 0 Å². The zero-order valence-corrected chi connectivity index (χ0v) is 11.2. The van der Waals surface area contributed by atoms with Crippen LogP contribution in [0.25, 0.3) is 0 Å². The van der Waals surface area contributed by atoms with Crippen molar-refractivity contribution in [1.29, 1.82) is 0 Å². The molecule has 4 heteroatoms. The summed E-state index contributed by atoms with van der Waals surface area (Å²) in [6, 6.07) is 7.56. The van der Waals surface area contributed by atoms with Gasteiger partial charge in [-0.2, -0.15) is 0 Å². The maximum Gasteiger partial charge on any atom is 0.118 e. The molecule has 0 saturated heterocycles. The standard InChI is InChI=1S/C14H16N2OS/c1-4-12(15-5-2)10-16-14(18)11-6-8-13(17-3)9-7-11/h4-9H,1-2,10H2,3H3,(H,16,18). The number of thiocarbonyl (C=S) groups is 1. The van der Waals surface area contributed by atoms with E-state index in [9.17, 15) is 0 Å². The van der Waals surface area contributed by atoms with E-state index in [1.807, 2.05) is 24.3 Å². The van der Waals surface area contributed by atoms with Crippen molar-refractivity contribution in [1.82, 2.24) is 5.32 Å². The van der Waals surface area contributed by atoms with Crippen molar-refractivity contribution in [2.75, 3.05) is 13.7 Å². The molecule has 3 nitrogen and oxygen atoms in total. The summed E-state index contributed by atoms with van der Waals surface area (Å²) in [6.07, 6.45) is 3.15. The van der Waals surface area contributed by atoms with E-state index in [1.165, 1.54) is 6.20 Å². The van der Waals surface area contributed by atoms with Gasteiger partial charge in [0.25, 0.3) is 0 Å². The molecule has 0 aliphatic carbocycles. The molecule has 0 heterocycles. The number of rotatable bonds is 6. The van der Waals surface area contributed by atoms with Crippen LogP contribution >= 0.6 is 12.2 Å². The highest BCUT2D eigenvalue weighted by Gasteiger charge is 2.01. The molecule has 1 aromatic rings. The first kappa shape index (κ1) is 14.1. The largest absolute Gasteiger partial charge is 0.497 e. The SMILES string of the molecule is C=CN=C(C=C)CNC(=S)c1ccc(OC)cc1. The maximum atomic E-state index is 5.28. The minimum atomic E-state index is 0.528. The number of nitrogens with one attached hydrogen (secondary N) is 1. The number of aliphatic imine (C=N–C) groups is 1. The quantitative estimate of drug-likeness (QED) is 0.631. The fraction of sp³-hybridized carbons (Fsp3) is 0.143. The van der Waals surface area contributed by atoms with E-state index < -0.39 is 0 Å². The van der Waals surface area contributed by atoms with Crippen molar-refractivity contribution < 1.29 is 4.74 Å². The molecule has 0 saturated carbocycles. The monoisotopic (exact) mass is 260 g/mol. The van der Waals surface area contributed by atoms with Gasteiger partial charge in [0.2, 0.25) is 0 Å². The van der Waals surface area contributed by atoms with Crippen LogP contribution in [0.4, 0.5) is 0 Å². The van der Waals surface area contributed by atoms with Gasteiger partial charge >= 0.3 is 0 Å². The molecule has 1 N–H and O–H groups in total. The molecule has 0 aromatic heterocycles. The Labute approximate surface area is 113 Å². The highest BCUT2D eigenvalue weighted by Crippen LogP contribution is 2.11. The van der Waals surface area contributed by atoms with E-state index >= 15 is 0 Å². The van der Waals surface area contributed by atoms with E-state index in [4.69, 9.17) is 17.0 Å². The molecule has 0 fully saturated rings. The Bertz CT molecular complexity index is 463. The van der Waals surface area contributed by atoms with Crippen LogP contribution in [0.3, 0.4) is 0 Å². The Balaban J connectivity index is 2.62. The number of hydrogen-bond donors (Lipinski definition) is 1. The topological polar surface area (TPSA) is 33.6 Å². The second-order valence-electron chi connectivity index (χ2n) is 3.42. The summed E-state index contributed by atoms with van der Waals surface area (Å²) in [5.41, 5.74) is 1.73. The van der Waals surface area contributed by atoms with Crippen LogP contribution in [-0.4, -0.2) is 24.4 Å². The van der Waals surface area contributed by atoms with Crippen LogP contribution < -0.4 is 10.1 Å². The first-order valence-corrected chi connectivity index (χ1v) is 5.84. The van der Waals surface area contributed by atoms with Gasteiger partial charge in [-0.15, -0.1) is 0 Å². The van der Waals surface area contributed by atoms with Crippen LogP contribution in [0.1, 0.15) is 5.56 Å². The lowest BCUT2D eigenvalue weighted by Crippen LogP contribution is -2.27. The van der Waals surface area contributed by atoms with E-state index in [0.29, 0.717) is 11.5 Å². The van der Waals surface area contributed by atoms with Crippen LogP contribution in [0, 0.1) is 0 Å². The number of methoxy groups -OCH3 is 1. The minimum absolute atomic E-state index is 0.528. The predicted molar refractivity (Wildman–Crippen MR) is 80.5 cm³/mol. The number of hydrogen-bond acceptors (Lipinski definition) is 3. The van der Waals surface area contributed by atoms with E-state index in [2.05, 4.69) is 23.5 Å². The fourth-order valence-electron chi connectivity index (χ4n) is 1.30. The lowest BCUT2D eigenvalue weighted by Gasteiger charge is -2.08. The van der Waals surface area contributed by atoms with Gasteiger partial charge in [0, 0.05) is 11.8 Å². The summed E-state index contributed by atoms with van der Waals surface area (Å²) < 4.78 is 5.09. The minimum Gasteiger partial charge on any atom is -0.497 e. The lowest BCUT2D eigenvalue weighted by molar-refractivity contribution is 0.415. The van der Waals surface area contributed by atoms with Gasteiger partial charge < -0.3 is 10.1 Å². The second-order valence-corrected chi connectivity index (χ2v) is 3.83. The summed E-state index contributed by atoms with van der Waals surface area (Å²) in [5.74, 6) is 0.807. The van der Waals surface area contributed by atoms with Gasteiger partial charge in [-0.25, -0.2) is 0 Å². The van der Waals surface area contributed by atoms with E-state index in [-0.39, 0.29) is 0 Å². The highest BCUT2D eigenvalue weighted by atomic mass is 32.1. The first-order chi connectivity index (χ1) is 8.71. The van der Waals surface area contributed by atoms with Crippen molar-refractivity contribution in [3.8, 4) is 5.75 Å². The maximum absolute atomic E-state index is 5.28. The number of benzene rings is 1. The van der Waals surface area contributed by atoms with Crippen molar-refractivity contribution in [3.05, 3.63) is 55.3 Å². The van der Waals surface area contributed by atoms with Gasteiger partial charge in [0.15, 0.2) is 0 Å². The van der Waals surface area contributed by atoms with Gasteiger partial charge in [-0.1, -0.05) is 25.4 Å². The summed E-state index contributed by atoms with van der Waals surface area (Å²) in [7, 11) is 1.63. The zero-order valence-electron chi connectivity index (χ0n) is 10.3. The number of nitrogens with zero attached hydrogens (tertiary/aromatic N) is 1. The van der Waals surface area contributed by atoms with Crippen molar-refractivity contribution in [3.63, 3.8) is 0 Å². The summed E-state index contributed by atoms with van der Waals surface area (Å²) >= 11 is 5.28. The third-order valence-electron chi connectivity index (χ3n) is 2.28. The number of ether oxygens (including phenoxy) is 1. The molecule has 18 heavy (non-hydrogen) atoms. The normalized spacial score (nSPS) is 10.6. The molecule has 0 unspecified atom stereocenters. The smallest absolute Gasteiger partial charge is 0.118 e. The molecule has 0 amide bonds. The molecule has 0 atom stereocenters. The third kappa shape index (κ3) is 4.14. The Morgan fingerprint density at radius 2 is 2.06 bits per heavy atom. The van der Waals surface area contributed by atoms with Crippen LogP contribution in [-0.2, 0) is 0 Å². The predicted octanol–water partition coefficient (Wildman–Crippen LogP) is 2.73. The van der Waals surface area contributed by atoms with E-state index in [1.54, 1.807) is 13.2 Å². The molecule has 0 spiro atoms. The Kier molecular flexibility index (Phi) is 5.80. The summed E-state index contributed by atoms with van der Waals surface area (Å²) in [5, 5.41) is 3.11. The summed E-state index contributed by atoms with van der Waals surface area (Å²) in [6.45, 7) is 7.75. The van der Waals surface area contributed by atoms with Crippen LogP contribution in [0.5, 0.6) is 5.75 Å². The second kappa shape index (κ2) is 7.40. The molecule has 0 radical (unpaired) electrons. The molecule has 94 valence electrons. The molecular weight excluding hydrogens is 244 g/mol. The van der Waals surface area contributed by atoms with Crippen LogP contribution in [0.15, 0.2) is 54.7 Å². The van der Waals surface area contributed by atoms with Gasteiger partial charge in [-0.3, -0.25) is 4.99 Å². The van der Waals surface area contributed by atoms with Gasteiger partial charge in [-0.05, 0) is 30.3 Å². The fourth-order valence-corrected chi connectivity index (χ4v) is 1.51. The average Bonchev–Trinajstić information content (AvgIpc) is 2.43. The Hall–Kier alpha value is -1.94. The van der Waals surface area contributed by atoms with Crippen LogP contribution in [0.2, 0.25) is 0 Å².